The molecule has 1 aliphatic heterocycles. The lowest BCUT2D eigenvalue weighted by Crippen LogP contribution is -2.47. The zero-order valence-corrected chi connectivity index (χ0v) is 15.4. The van der Waals surface area contributed by atoms with Crippen molar-refractivity contribution in [2.24, 2.45) is 0 Å². The average molecular weight is 371 g/mol. The number of benzene rings is 1. The van der Waals surface area contributed by atoms with Gasteiger partial charge in [-0.25, -0.2) is 4.39 Å². The summed E-state index contributed by atoms with van der Waals surface area (Å²) in [5, 5.41) is 3.36. The molecule has 3 rings (SSSR count). The first-order valence-electron chi connectivity index (χ1n) is 9.07. The second kappa shape index (κ2) is 10.1. The van der Waals surface area contributed by atoms with Crippen LogP contribution in [-0.4, -0.2) is 49.2 Å². The van der Waals surface area contributed by atoms with Gasteiger partial charge in [0.15, 0.2) is 0 Å². The number of halogens is 2. The van der Waals surface area contributed by atoms with Crippen molar-refractivity contribution >= 4 is 18.3 Å². The molecule has 6 heteroatoms. The lowest BCUT2D eigenvalue weighted by molar-refractivity contribution is -0.134. The van der Waals surface area contributed by atoms with Gasteiger partial charge in [-0.15, -0.1) is 12.4 Å². The molecule has 1 aromatic carbocycles. The first kappa shape index (κ1) is 20.1. The number of morpholine rings is 1. The van der Waals surface area contributed by atoms with Crippen LogP contribution in [0.5, 0.6) is 0 Å². The Kier molecular flexibility index (Phi) is 8.13. The molecule has 2 aliphatic rings. The molecule has 1 aliphatic carbocycles. The smallest absolute Gasteiger partial charge is 0.224 e. The quantitative estimate of drug-likeness (QED) is 0.837. The molecule has 25 heavy (non-hydrogen) atoms. The van der Waals surface area contributed by atoms with Crippen molar-refractivity contribution in [3.05, 3.63) is 35.6 Å². The van der Waals surface area contributed by atoms with Gasteiger partial charge in [0, 0.05) is 31.6 Å². The molecule has 0 radical (unpaired) electrons. The minimum Gasteiger partial charge on any atom is -0.378 e. The second-order valence-electron chi connectivity index (χ2n) is 6.83. The Balaban J connectivity index is 0.00000225. The van der Waals surface area contributed by atoms with Crippen molar-refractivity contribution in [1.82, 2.24) is 10.2 Å². The highest BCUT2D eigenvalue weighted by Crippen LogP contribution is 2.25. The molecule has 2 fully saturated rings. The number of amides is 1. The molecule has 1 saturated heterocycles. The Bertz CT molecular complexity index is 529. The third-order valence-electron chi connectivity index (χ3n) is 5.06. The van der Waals surface area contributed by atoms with Crippen LogP contribution in [0.1, 0.15) is 37.7 Å². The zero-order chi connectivity index (χ0) is 16.8. The minimum absolute atomic E-state index is 0. The summed E-state index contributed by atoms with van der Waals surface area (Å²) in [6.07, 6.45) is 5.89. The van der Waals surface area contributed by atoms with Gasteiger partial charge < -0.3 is 15.0 Å². The summed E-state index contributed by atoms with van der Waals surface area (Å²) in [6, 6.07) is 7.08. The highest BCUT2D eigenvalue weighted by Gasteiger charge is 2.28. The molecule has 0 bridgehead atoms. The number of hydrogen-bond acceptors (Lipinski definition) is 3. The van der Waals surface area contributed by atoms with Gasteiger partial charge >= 0.3 is 0 Å². The molecule has 0 aromatic heterocycles. The molecule has 0 spiro atoms. The minimum atomic E-state index is -0.217. The molecule has 1 unspecified atom stereocenters. The summed E-state index contributed by atoms with van der Waals surface area (Å²) in [7, 11) is 0. The van der Waals surface area contributed by atoms with Crippen LogP contribution in [0.2, 0.25) is 0 Å². The first-order valence-corrected chi connectivity index (χ1v) is 9.07. The Morgan fingerprint density at radius 2 is 1.96 bits per heavy atom. The van der Waals surface area contributed by atoms with Gasteiger partial charge in [-0.1, -0.05) is 25.0 Å². The number of nitrogens with zero attached hydrogens (tertiary/aromatic N) is 1. The van der Waals surface area contributed by atoms with Crippen molar-refractivity contribution in [1.29, 1.82) is 0 Å². The highest BCUT2D eigenvalue weighted by molar-refractivity contribution is 5.85. The first-order chi connectivity index (χ1) is 11.7. The van der Waals surface area contributed by atoms with Crippen molar-refractivity contribution in [3.8, 4) is 0 Å². The van der Waals surface area contributed by atoms with Crippen LogP contribution < -0.4 is 5.32 Å². The topological polar surface area (TPSA) is 41.6 Å². The molecule has 1 heterocycles. The van der Waals surface area contributed by atoms with E-state index in [9.17, 15) is 9.18 Å². The van der Waals surface area contributed by atoms with E-state index in [-0.39, 0.29) is 30.2 Å². The lowest BCUT2D eigenvalue weighted by atomic mass is 10.1. The maximum absolute atomic E-state index is 13.0. The number of nitrogens with one attached hydrogen (secondary N) is 1. The van der Waals surface area contributed by atoms with Crippen molar-refractivity contribution < 1.29 is 13.9 Å². The fourth-order valence-electron chi connectivity index (χ4n) is 3.71. The van der Waals surface area contributed by atoms with Crippen LogP contribution >= 0.6 is 12.4 Å². The van der Waals surface area contributed by atoms with Gasteiger partial charge in [0.25, 0.3) is 0 Å². The van der Waals surface area contributed by atoms with Gasteiger partial charge in [-0.3, -0.25) is 4.79 Å². The zero-order valence-electron chi connectivity index (χ0n) is 14.6. The van der Waals surface area contributed by atoms with E-state index in [2.05, 4.69) is 10.2 Å². The van der Waals surface area contributed by atoms with E-state index in [1.165, 1.54) is 25.0 Å². The van der Waals surface area contributed by atoms with Crippen LogP contribution in [0.4, 0.5) is 4.39 Å². The molecule has 140 valence electrons. The maximum atomic E-state index is 13.0. The van der Waals surface area contributed by atoms with Crippen LogP contribution in [-0.2, 0) is 16.0 Å². The lowest BCUT2D eigenvalue weighted by Gasteiger charge is -2.32. The van der Waals surface area contributed by atoms with Crippen LogP contribution in [0.3, 0.4) is 0 Å². The van der Waals surface area contributed by atoms with Crippen LogP contribution in [0, 0.1) is 5.82 Å². The third kappa shape index (κ3) is 5.94. The van der Waals surface area contributed by atoms with E-state index < -0.39 is 0 Å². The maximum Gasteiger partial charge on any atom is 0.224 e. The number of ether oxygens (including phenoxy) is 1. The molecule has 1 saturated carbocycles. The van der Waals surface area contributed by atoms with Gasteiger partial charge in [0.1, 0.15) is 5.82 Å². The molecular formula is C19H28ClFN2O2. The van der Waals surface area contributed by atoms with Gasteiger partial charge in [0.2, 0.25) is 5.91 Å². The average Bonchev–Trinajstić information content (AvgIpc) is 3.12. The molecule has 1 N–H and O–H groups in total. The van der Waals surface area contributed by atoms with Gasteiger partial charge in [0.05, 0.1) is 13.2 Å². The summed E-state index contributed by atoms with van der Waals surface area (Å²) in [5.74, 6) is -0.00198. The molecule has 1 amide bonds. The summed E-state index contributed by atoms with van der Waals surface area (Å²) in [5.41, 5.74) is 1.08. The molecular weight excluding hydrogens is 343 g/mol. The normalized spacial score (nSPS) is 20.9. The second-order valence-corrected chi connectivity index (χ2v) is 6.83. The Labute approximate surface area is 155 Å². The van der Waals surface area contributed by atoms with Gasteiger partial charge in [-0.2, -0.15) is 0 Å². The third-order valence-corrected chi connectivity index (χ3v) is 5.06. The number of hydrogen-bond donors (Lipinski definition) is 1. The molecule has 4 nitrogen and oxygen atoms in total. The summed E-state index contributed by atoms with van der Waals surface area (Å²) in [4.78, 5) is 14.9. The van der Waals surface area contributed by atoms with Crippen LogP contribution in [0.15, 0.2) is 24.3 Å². The van der Waals surface area contributed by atoms with Crippen molar-refractivity contribution in [2.45, 2.75) is 50.6 Å². The number of carbonyl (C=O) groups excluding carboxylic acids is 1. The van der Waals surface area contributed by atoms with Crippen LogP contribution in [0.25, 0.3) is 0 Å². The number of rotatable bonds is 6. The molecule has 1 aromatic rings. The van der Waals surface area contributed by atoms with Gasteiger partial charge in [-0.05, 0) is 37.0 Å². The predicted octanol–water partition coefficient (Wildman–Crippen LogP) is 2.94. The van der Waals surface area contributed by atoms with Crippen molar-refractivity contribution in [3.63, 3.8) is 0 Å². The summed E-state index contributed by atoms with van der Waals surface area (Å²) >= 11 is 0. The Hall–Kier alpha value is -1.17. The fourth-order valence-corrected chi connectivity index (χ4v) is 3.71. The van der Waals surface area contributed by atoms with Crippen molar-refractivity contribution in [2.75, 3.05) is 26.3 Å². The van der Waals surface area contributed by atoms with E-state index in [1.807, 2.05) is 12.1 Å². The fraction of sp³-hybridized carbons (Fsp3) is 0.632. The van der Waals surface area contributed by atoms with E-state index in [0.717, 1.165) is 38.0 Å². The highest BCUT2D eigenvalue weighted by atomic mass is 35.5. The summed E-state index contributed by atoms with van der Waals surface area (Å²) in [6.45, 7) is 2.86. The predicted molar refractivity (Wildman–Crippen MR) is 98.5 cm³/mol. The Morgan fingerprint density at radius 3 is 2.60 bits per heavy atom. The van der Waals surface area contributed by atoms with E-state index >= 15 is 0 Å². The van der Waals surface area contributed by atoms with E-state index in [0.29, 0.717) is 25.6 Å². The Morgan fingerprint density at radius 1 is 1.24 bits per heavy atom. The van der Waals surface area contributed by atoms with E-state index in [4.69, 9.17) is 4.74 Å². The largest absolute Gasteiger partial charge is 0.378 e. The monoisotopic (exact) mass is 370 g/mol. The summed E-state index contributed by atoms with van der Waals surface area (Å²) < 4.78 is 18.5. The van der Waals surface area contributed by atoms with E-state index in [1.54, 1.807) is 0 Å². The molecule has 1 atom stereocenters. The number of carbonyl (C=O) groups is 1. The SMILES string of the molecule is Cl.O=C(CC1COCCN1)N(CCc1ccc(F)cc1)C1CCCC1. The standard InChI is InChI=1S/C19H27FN2O2.ClH/c20-16-7-5-15(6-8-16)9-11-22(18-3-1-2-4-18)19(23)13-17-14-24-12-10-21-17;/h5-8,17-18,21H,1-4,9-14H2;1H.